The van der Waals surface area contributed by atoms with Gasteiger partial charge in [-0.05, 0) is 53.6 Å². The second kappa shape index (κ2) is 8.25. The highest BCUT2D eigenvalue weighted by molar-refractivity contribution is 9.10. The highest BCUT2D eigenvalue weighted by Gasteiger charge is 2.14. The highest BCUT2D eigenvalue weighted by atomic mass is 79.9. The average Bonchev–Trinajstić information content (AvgIpc) is 2.92. The number of nitrogens with zero attached hydrogens (tertiary/aromatic N) is 2. The number of hydrogen-bond acceptors (Lipinski definition) is 3. The van der Waals surface area contributed by atoms with E-state index in [2.05, 4.69) is 43.3 Å². The Labute approximate surface area is 155 Å². The molecule has 0 aliphatic heterocycles. The summed E-state index contributed by atoms with van der Waals surface area (Å²) in [5, 5.41) is 7.54. The third kappa shape index (κ3) is 5.31. The van der Waals surface area contributed by atoms with Gasteiger partial charge >= 0.3 is 0 Å². The van der Waals surface area contributed by atoms with Crippen LogP contribution in [0.4, 0.5) is 5.69 Å². The lowest BCUT2D eigenvalue weighted by Gasteiger charge is -2.16. The zero-order chi connectivity index (χ0) is 17.7. The van der Waals surface area contributed by atoms with Crippen molar-refractivity contribution in [2.75, 3.05) is 5.32 Å². The topological polar surface area (TPSA) is 71.0 Å². The summed E-state index contributed by atoms with van der Waals surface area (Å²) < 4.78 is 2.59. The lowest BCUT2D eigenvalue weighted by atomic mass is 10.1. The van der Waals surface area contributed by atoms with E-state index in [9.17, 15) is 4.79 Å². The fourth-order valence-electron chi connectivity index (χ4n) is 2.15. The Bertz CT molecular complexity index is 746. The highest BCUT2D eigenvalue weighted by Crippen LogP contribution is 2.15. The van der Waals surface area contributed by atoms with Gasteiger partial charge < -0.3 is 5.32 Å². The molecule has 1 aromatic heterocycles. The van der Waals surface area contributed by atoms with E-state index in [0.717, 1.165) is 15.7 Å². The molecular formula is C16H20BrN5OS. The van der Waals surface area contributed by atoms with Gasteiger partial charge in [-0.15, -0.1) is 0 Å². The molecule has 3 N–H and O–H groups in total. The van der Waals surface area contributed by atoms with Crippen LogP contribution in [-0.2, 0) is 11.3 Å². The molecule has 0 bridgehead atoms. The largest absolute Gasteiger partial charge is 0.331 e. The van der Waals surface area contributed by atoms with Crippen molar-refractivity contribution in [1.29, 1.82) is 0 Å². The number of rotatable bonds is 4. The first-order chi connectivity index (χ1) is 11.3. The number of halogens is 1. The fourth-order valence-corrected chi connectivity index (χ4v) is 2.64. The molecule has 0 saturated carbocycles. The van der Waals surface area contributed by atoms with E-state index in [1.165, 1.54) is 5.56 Å². The van der Waals surface area contributed by atoms with Crippen LogP contribution in [0.1, 0.15) is 18.1 Å². The van der Waals surface area contributed by atoms with Gasteiger partial charge in [-0.3, -0.25) is 20.3 Å². The summed E-state index contributed by atoms with van der Waals surface area (Å²) in [6.07, 6.45) is 3.51. The number of nitrogens with one attached hydrogen (secondary N) is 3. The van der Waals surface area contributed by atoms with Crippen LogP contribution >= 0.6 is 28.1 Å². The van der Waals surface area contributed by atoms with Gasteiger partial charge in [0, 0.05) is 11.9 Å². The summed E-state index contributed by atoms with van der Waals surface area (Å²) >= 11 is 8.53. The molecule has 128 valence electrons. The van der Waals surface area contributed by atoms with Crippen molar-refractivity contribution in [2.24, 2.45) is 5.92 Å². The maximum absolute atomic E-state index is 12.1. The maximum atomic E-state index is 12.1. The Kier molecular flexibility index (Phi) is 6.33. The first kappa shape index (κ1) is 18.4. The predicted molar refractivity (Wildman–Crippen MR) is 103 cm³/mol. The summed E-state index contributed by atoms with van der Waals surface area (Å²) in [7, 11) is 0. The van der Waals surface area contributed by atoms with Gasteiger partial charge in [0.25, 0.3) is 0 Å². The third-order valence-corrected chi connectivity index (χ3v) is 4.05. The normalized spacial score (nSPS) is 11.7. The number of aromatic nitrogens is 2. The summed E-state index contributed by atoms with van der Waals surface area (Å²) in [6, 6.07) is 6.02. The van der Waals surface area contributed by atoms with E-state index in [-0.39, 0.29) is 11.8 Å². The summed E-state index contributed by atoms with van der Waals surface area (Å²) in [6.45, 7) is 6.34. The minimum Gasteiger partial charge on any atom is -0.331 e. The van der Waals surface area contributed by atoms with Crippen LogP contribution in [0.3, 0.4) is 0 Å². The Morgan fingerprint density at radius 3 is 2.75 bits per heavy atom. The number of carbonyl (C=O) groups is 1. The van der Waals surface area contributed by atoms with Crippen molar-refractivity contribution in [3.8, 4) is 0 Å². The molecule has 1 aromatic carbocycles. The molecule has 1 atom stereocenters. The average molecular weight is 410 g/mol. The Morgan fingerprint density at radius 2 is 2.12 bits per heavy atom. The lowest BCUT2D eigenvalue weighted by Crippen LogP contribution is -2.46. The number of amides is 1. The van der Waals surface area contributed by atoms with E-state index < -0.39 is 0 Å². The molecule has 0 aliphatic carbocycles. The minimum atomic E-state index is -0.256. The van der Waals surface area contributed by atoms with Crippen molar-refractivity contribution >= 4 is 44.9 Å². The molecule has 1 heterocycles. The monoisotopic (exact) mass is 409 g/mol. The van der Waals surface area contributed by atoms with Crippen LogP contribution in [0.2, 0.25) is 0 Å². The van der Waals surface area contributed by atoms with E-state index in [1.54, 1.807) is 10.9 Å². The predicted octanol–water partition coefficient (Wildman–Crippen LogP) is 2.92. The van der Waals surface area contributed by atoms with Gasteiger partial charge in [-0.2, -0.15) is 5.10 Å². The molecule has 2 aromatic rings. The summed E-state index contributed by atoms with van der Waals surface area (Å²) in [4.78, 5) is 12.1. The molecule has 8 heteroatoms. The van der Waals surface area contributed by atoms with Crippen LogP contribution < -0.4 is 16.2 Å². The fraction of sp³-hybridized carbons (Fsp3) is 0.312. The van der Waals surface area contributed by atoms with Gasteiger partial charge in [0.2, 0.25) is 5.91 Å². The number of hydrogen-bond donors (Lipinski definition) is 3. The van der Waals surface area contributed by atoms with Gasteiger partial charge in [-0.25, -0.2) is 0 Å². The molecule has 6 nitrogen and oxygen atoms in total. The van der Waals surface area contributed by atoms with Crippen molar-refractivity contribution in [3.05, 3.63) is 46.2 Å². The molecule has 1 unspecified atom stereocenters. The molecule has 0 radical (unpaired) electrons. The number of anilines is 1. The minimum absolute atomic E-state index is 0.161. The third-order valence-electron chi connectivity index (χ3n) is 3.44. The second-order valence-corrected chi connectivity index (χ2v) is 6.99. The van der Waals surface area contributed by atoms with Crippen LogP contribution in [-0.4, -0.2) is 20.8 Å². The first-order valence-corrected chi connectivity index (χ1v) is 8.67. The van der Waals surface area contributed by atoms with Gasteiger partial charge in [-0.1, -0.05) is 24.6 Å². The SMILES string of the molecule is Cc1ccc(NC(=S)NNC(=O)C(C)Cn2cc(Br)cn2)c(C)c1. The zero-order valence-electron chi connectivity index (χ0n) is 13.8. The second-order valence-electron chi connectivity index (χ2n) is 5.67. The van der Waals surface area contributed by atoms with Gasteiger partial charge in [0.1, 0.15) is 0 Å². The van der Waals surface area contributed by atoms with E-state index in [4.69, 9.17) is 12.2 Å². The molecule has 0 fully saturated rings. The van der Waals surface area contributed by atoms with E-state index in [0.29, 0.717) is 11.7 Å². The molecule has 0 spiro atoms. The quantitative estimate of drug-likeness (QED) is 0.534. The van der Waals surface area contributed by atoms with Crippen LogP contribution in [0, 0.1) is 19.8 Å². The van der Waals surface area contributed by atoms with Crippen molar-refractivity contribution in [2.45, 2.75) is 27.3 Å². The number of aryl methyl sites for hydroxylation is 2. The first-order valence-electron chi connectivity index (χ1n) is 7.47. The smallest absolute Gasteiger partial charge is 0.243 e. The molecule has 0 saturated heterocycles. The van der Waals surface area contributed by atoms with Crippen LogP contribution in [0.5, 0.6) is 0 Å². The lowest BCUT2D eigenvalue weighted by molar-refractivity contribution is -0.125. The molecule has 1 amide bonds. The van der Waals surface area contributed by atoms with Crippen molar-refractivity contribution < 1.29 is 4.79 Å². The van der Waals surface area contributed by atoms with E-state index >= 15 is 0 Å². The Morgan fingerprint density at radius 1 is 1.38 bits per heavy atom. The van der Waals surface area contributed by atoms with Crippen LogP contribution in [0.25, 0.3) is 0 Å². The maximum Gasteiger partial charge on any atom is 0.243 e. The standard InChI is InChI=1S/C16H20BrN5OS/c1-10-4-5-14(11(2)6-10)19-16(24)21-20-15(23)12(3)8-22-9-13(17)7-18-22/h4-7,9,12H,8H2,1-3H3,(H,20,23)(H2,19,21,24). The summed E-state index contributed by atoms with van der Waals surface area (Å²) in [5.41, 5.74) is 8.52. The van der Waals surface area contributed by atoms with Crippen molar-refractivity contribution in [3.63, 3.8) is 0 Å². The molecule has 24 heavy (non-hydrogen) atoms. The van der Waals surface area contributed by atoms with Gasteiger partial charge in [0.05, 0.1) is 23.1 Å². The summed E-state index contributed by atoms with van der Waals surface area (Å²) in [5.74, 6) is -0.417. The number of thiocarbonyl (C=S) groups is 1. The van der Waals surface area contributed by atoms with Crippen molar-refractivity contribution in [1.82, 2.24) is 20.6 Å². The van der Waals surface area contributed by atoms with E-state index in [1.807, 2.05) is 39.1 Å². The zero-order valence-corrected chi connectivity index (χ0v) is 16.2. The molecule has 2 rings (SSSR count). The van der Waals surface area contributed by atoms with Crippen LogP contribution in [0.15, 0.2) is 35.1 Å². The molecule has 0 aliphatic rings. The Balaban J connectivity index is 1.81. The molecular weight excluding hydrogens is 390 g/mol. The number of hydrazine groups is 1. The Hall–Kier alpha value is -1.93. The number of carbonyl (C=O) groups excluding carboxylic acids is 1. The van der Waals surface area contributed by atoms with Gasteiger partial charge in [0.15, 0.2) is 5.11 Å². The number of benzene rings is 1.